The van der Waals surface area contributed by atoms with Gasteiger partial charge in [-0.3, -0.25) is 0 Å². The van der Waals surface area contributed by atoms with Crippen LogP contribution in [0.3, 0.4) is 0 Å². The molecule has 0 aromatic carbocycles. The second-order valence-corrected chi connectivity index (χ2v) is 4.05. The summed E-state index contributed by atoms with van der Waals surface area (Å²) < 4.78 is 0. The van der Waals surface area contributed by atoms with Gasteiger partial charge in [0.25, 0.3) is 0 Å². The predicted octanol–water partition coefficient (Wildman–Crippen LogP) is 1.59. The van der Waals surface area contributed by atoms with Crippen molar-refractivity contribution in [1.29, 1.82) is 0 Å². The highest BCUT2D eigenvalue weighted by atomic mass is 16.2. The molecule has 1 aromatic heterocycles. The van der Waals surface area contributed by atoms with Gasteiger partial charge in [-0.25, -0.2) is 9.97 Å². The highest BCUT2D eigenvalue weighted by molar-refractivity contribution is 5.54. The monoisotopic (exact) mass is 238 g/mol. The van der Waals surface area contributed by atoms with Crippen LogP contribution in [0.25, 0.3) is 0 Å². The summed E-state index contributed by atoms with van der Waals surface area (Å²) in [4.78, 5) is 8.23. The SMILES string of the molecule is CCCc1c(N)ncnc1NCCCCCO. The number of nitrogens with one attached hydrogen (secondary N) is 1. The molecule has 1 heterocycles. The molecule has 1 aromatic rings. The van der Waals surface area contributed by atoms with Crippen LogP contribution >= 0.6 is 0 Å². The standard InChI is InChI=1S/C12H22N4O/c1-2-6-10-11(13)15-9-16-12(10)14-7-4-3-5-8-17/h9,17H,2-8H2,1H3,(H3,13,14,15,16). The molecular weight excluding hydrogens is 216 g/mol. The van der Waals surface area contributed by atoms with Gasteiger partial charge in [0.2, 0.25) is 0 Å². The van der Waals surface area contributed by atoms with Crippen molar-refractivity contribution < 1.29 is 5.11 Å². The average molecular weight is 238 g/mol. The van der Waals surface area contributed by atoms with E-state index in [2.05, 4.69) is 22.2 Å². The van der Waals surface area contributed by atoms with E-state index in [-0.39, 0.29) is 6.61 Å². The number of nitrogens with zero attached hydrogens (tertiary/aromatic N) is 2. The Kier molecular flexibility index (Phi) is 6.32. The molecule has 0 aliphatic rings. The van der Waals surface area contributed by atoms with Gasteiger partial charge in [-0.05, 0) is 25.7 Å². The molecule has 4 N–H and O–H groups in total. The van der Waals surface area contributed by atoms with Gasteiger partial charge in [0, 0.05) is 18.7 Å². The van der Waals surface area contributed by atoms with Gasteiger partial charge in [-0.15, -0.1) is 0 Å². The molecule has 5 nitrogen and oxygen atoms in total. The lowest BCUT2D eigenvalue weighted by Crippen LogP contribution is -2.09. The first kappa shape index (κ1) is 13.7. The van der Waals surface area contributed by atoms with Crippen LogP contribution in [0.1, 0.15) is 38.2 Å². The van der Waals surface area contributed by atoms with E-state index in [0.717, 1.165) is 50.0 Å². The van der Waals surface area contributed by atoms with Crippen molar-refractivity contribution >= 4 is 11.6 Å². The molecule has 0 saturated heterocycles. The molecule has 0 atom stereocenters. The van der Waals surface area contributed by atoms with Crippen molar-refractivity contribution in [2.75, 3.05) is 24.2 Å². The lowest BCUT2D eigenvalue weighted by molar-refractivity contribution is 0.283. The molecule has 0 fully saturated rings. The summed E-state index contributed by atoms with van der Waals surface area (Å²) in [6.07, 6.45) is 6.31. The quantitative estimate of drug-likeness (QED) is 0.599. The van der Waals surface area contributed by atoms with E-state index in [1.165, 1.54) is 6.33 Å². The highest BCUT2D eigenvalue weighted by Gasteiger charge is 2.07. The second kappa shape index (κ2) is 7.84. The zero-order valence-electron chi connectivity index (χ0n) is 10.4. The lowest BCUT2D eigenvalue weighted by Gasteiger charge is -2.11. The largest absolute Gasteiger partial charge is 0.396 e. The third-order valence-electron chi connectivity index (χ3n) is 2.61. The Morgan fingerprint density at radius 3 is 2.82 bits per heavy atom. The molecule has 5 heteroatoms. The smallest absolute Gasteiger partial charge is 0.134 e. The van der Waals surface area contributed by atoms with Crippen molar-refractivity contribution in [3.05, 3.63) is 11.9 Å². The summed E-state index contributed by atoms with van der Waals surface area (Å²) in [5.74, 6) is 1.42. The van der Waals surface area contributed by atoms with Crippen molar-refractivity contribution in [3.8, 4) is 0 Å². The van der Waals surface area contributed by atoms with E-state index in [1.54, 1.807) is 0 Å². The van der Waals surface area contributed by atoms with Gasteiger partial charge >= 0.3 is 0 Å². The van der Waals surface area contributed by atoms with Crippen LogP contribution in [0.15, 0.2) is 6.33 Å². The normalized spacial score (nSPS) is 10.5. The van der Waals surface area contributed by atoms with Crippen LogP contribution in [-0.4, -0.2) is 28.2 Å². The van der Waals surface area contributed by atoms with Crippen LogP contribution in [0.4, 0.5) is 11.6 Å². The number of hydrogen-bond donors (Lipinski definition) is 3. The molecule has 0 saturated carbocycles. The maximum absolute atomic E-state index is 8.68. The average Bonchev–Trinajstić information content (AvgIpc) is 2.33. The van der Waals surface area contributed by atoms with Crippen molar-refractivity contribution in [2.24, 2.45) is 0 Å². The van der Waals surface area contributed by atoms with Gasteiger partial charge < -0.3 is 16.2 Å². The molecule has 0 amide bonds. The first-order valence-electron chi connectivity index (χ1n) is 6.23. The van der Waals surface area contributed by atoms with E-state index in [9.17, 15) is 0 Å². The fourth-order valence-corrected chi connectivity index (χ4v) is 1.70. The number of aliphatic hydroxyl groups excluding tert-OH is 1. The molecule has 0 radical (unpaired) electrons. The maximum atomic E-state index is 8.68. The van der Waals surface area contributed by atoms with Gasteiger partial charge in [0.1, 0.15) is 18.0 Å². The number of nitrogen functional groups attached to an aromatic ring is 1. The third kappa shape index (κ3) is 4.56. The first-order chi connectivity index (χ1) is 8.29. The number of nitrogens with two attached hydrogens (primary N) is 1. The predicted molar refractivity (Wildman–Crippen MR) is 69.9 cm³/mol. The summed E-state index contributed by atoms with van der Waals surface area (Å²) in [7, 11) is 0. The summed E-state index contributed by atoms with van der Waals surface area (Å²) >= 11 is 0. The molecule has 17 heavy (non-hydrogen) atoms. The molecule has 1 rings (SSSR count). The maximum Gasteiger partial charge on any atom is 0.134 e. The van der Waals surface area contributed by atoms with Crippen LogP contribution < -0.4 is 11.1 Å². The molecule has 96 valence electrons. The second-order valence-electron chi connectivity index (χ2n) is 4.05. The Balaban J connectivity index is 2.48. The zero-order valence-corrected chi connectivity index (χ0v) is 10.4. The number of anilines is 2. The van der Waals surface area contributed by atoms with E-state index in [4.69, 9.17) is 10.8 Å². The minimum absolute atomic E-state index is 0.265. The molecular formula is C12H22N4O. The highest BCUT2D eigenvalue weighted by Crippen LogP contribution is 2.18. The number of unbranched alkanes of at least 4 members (excludes halogenated alkanes) is 2. The minimum atomic E-state index is 0.265. The molecule has 0 bridgehead atoms. The van der Waals surface area contributed by atoms with Gasteiger partial charge in [0.15, 0.2) is 0 Å². The minimum Gasteiger partial charge on any atom is -0.396 e. The Morgan fingerprint density at radius 2 is 2.12 bits per heavy atom. The van der Waals surface area contributed by atoms with E-state index in [0.29, 0.717) is 5.82 Å². The molecule has 0 spiro atoms. The van der Waals surface area contributed by atoms with Crippen molar-refractivity contribution in [2.45, 2.75) is 39.0 Å². The zero-order chi connectivity index (χ0) is 12.5. The van der Waals surface area contributed by atoms with E-state index >= 15 is 0 Å². The van der Waals surface area contributed by atoms with Gasteiger partial charge in [-0.2, -0.15) is 0 Å². The summed E-state index contributed by atoms with van der Waals surface area (Å²) in [6, 6.07) is 0. The van der Waals surface area contributed by atoms with Crippen molar-refractivity contribution in [1.82, 2.24) is 9.97 Å². The Morgan fingerprint density at radius 1 is 1.29 bits per heavy atom. The number of rotatable bonds is 8. The van der Waals surface area contributed by atoms with Crippen LogP contribution in [-0.2, 0) is 6.42 Å². The Labute approximate surface area is 102 Å². The third-order valence-corrected chi connectivity index (χ3v) is 2.61. The van der Waals surface area contributed by atoms with Crippen LogP contribution in [0.5, 0.6) is 0 Å². The topological polar surface area (TPSA) is 84.1 Å². The summed E-state index contributed by atoms with van der Waals surface area (Å²) in [6.45, 7) is 3.23. The van der Waals surface area contributed by atoms with Gasteiger partial charge in [-0.1, -0.05) is 13.3 Å². The molecule has 0 aliphatic carbocycles. The molecule has 0 aliphatic heterocycles. The van der Waals surface area contributed by atoms with E-state index in [1.807, 2.05) is 0 Å². The lowest BCUT2D eigenvalue weighted by atomic mass is 10.1. The van der Waals surface area contributed by atoms with Crippen molar-refractivity contribution in [3.63, 3.8) is 0 Å². The first-order valence-corrected chi connectivity index (χ1v) is 6.23. The van der Waals surface area contributed by atoms with Gasteiger partial charge in [0.05, 0.1) is 0 Å². The summed E-state index contributed by atoms with van der Waals surface area (Å²) in [5.41, 5.74) is 6.85. The fraction of sp³-hybridized carbons (Fsp3) is 0.667. The van der Waals surface area contributed by atoms with Crippen LogP contribution in [0, 0.1) is 0 Å². The number of aromatic nitrogens is 2. The summed E-state index contributed by atoms with van der Waals surface area (Å²) in [5, 5.41) is 12.0. The number of aliphatic hydroxyl groups is 1. The van der Waals surface area contributed by atoms with E-state index < -0.39 is 0 Å². The van der Waals surface area contributed by atoms with Crippen LogP contribution in [0.2, 0.25) is 0 Å². The fourth-order valence-electron chi connectivity index (χ4n) is 1.70. The molecule has 0 unspecified atom stereocenters. The Bertz CT molecular complexity index is 330. The Hall–Kier alpha value is -1.36. The number of hydrogen-bond acceptors (Lipinski definition) is 5.